The van der Waals surface area contributed by atoms with Crippen LogP contribution in [-0.4, -0.2) is 17.3 Å². The average Bonchev–Trinajstić information content (AvgIpc) is 2.21. The number of halogens is 2. The van der Waals surface area contributed by atoms with Gasteiger partial charge in [0, 0.05) is 12.3 Å². The summed E-state index contributed by atoms with van der Waals surface area (Å²) < 4.78 is 0. The second-order valence-electron chi connectivity index (χ2n) is 3.92. The molecule has 0 radical (unpaired) electrons. The lowest BCUT2D eigenvalue weighted by atomic mass is 10.2. The molecule has 0 aromatic carbocycles. The van der Waals surface area contributed by atoms with Crippen molar-refractivity contribution in [1.82, 2.24) is 4.98 Å². The van der Waals surface area contributed by atoms with Gasteiger partial charge < -0.3 is 5.32 Å². The number of pyridine rings is 1. The Morgan fingerprint density at radius 2 is 1.88 bits per heavy atom. The van der Waals surface area contributed by atoms with Gasteiger partial charge in [-0.1, -0.05) is 44.0 Å². The van der Waals surface area contributed by atoms with E-state index in [1.165, 1.54) is 0 Å². The van der Waals surface area contributed by atoms with Gasteiger partial charge in [-0.05, 0) is 12.0 Å². The number of aromatic nitrogens is 1. The molecule has 1 aromatic heterocycles. The fourth-order valence-electron chi connectivity index (χ4n) is 1.02. The minimum atomic E-state index is 0.468. The molecule has 2 nitrogen and oxygen atoms in total. The van der Waals surface area contributed by atoms with E-state index in [9.17, 15) is 0 Å². The van der Waals surface area contributed by atoms with Crippen molar-refractivity contribution in [2.75, 3.05) is 12.4 Å². The van der Waals surface area contributed by atoms with Crippen LogP contribution in [0.15, 0.2) is 11.1 Å². The van der Waals surface area contributed by atoms with Crippen LogP contribution < -0.4 is 5.32 Å². The fraction of sp³-hybridized carbons (Fsp3) is 0.545. The average molecular weight is 279 g/mol. The van der Waals surface area contributed by atoms with Crippen molar-refractivity contribution < 1.29 is 0 Å². The molecule has 0 aliphatic heterocycles. The third kappa shape index (κ3) is 3.44. The Labute approximate surface area is 111 Å². The molecule has 1 atom stereocenters. The van der Waals surface area contributed by atoms with Gasteiger partial charge in [-0.25, -0.2) is 4.98 Å². The zero-order chi connectivity index (χ0) is 12.3. The van der Waals surface area contributed by atoms with Crippen LogP contribution >= 0.6 is 35.0 Å². The molecule has 90 valence electrons. The van der Waals surface area contributed by atoms with Crippen LogP contribution in [0.3, 0.4) is 0 Å². The molecule has 0 aliphatic carbocycles. The van der Waals surface area contributed by atoms with Crippen LogP contribution in [0, 0.1) is 5.92 Å². The Balaban J connectivity index is 2.96. The van der Waals surface area contributed by atoms with Gasteiger partial charge in [0.1, 0.15) is 10.8 Å². The lowest BCUT2D eigenvalue weighted by Crippen LogP contribution is -2.06. The summed E-state index contributed by atoms with van der Waals surface area (Å²) in [4.78, 5) is 4.40. The van der Waals surface area contributed by atoms with E-state index in [-0.39, 0.29) is 0 Å². The minimum absolute atomic E-state index is 0.468. The summed E-state index contributed by atoms with van der Waals surface area (Å²) in [6, 6.07) is 1.73. The molecular formula is C11H16Cl2N2S. The number of thioether (sulfide) groups is 1. The third-order valence-electron chi connectivity index (χ3n) is 2.37. The Bertz CT molecular complexity index is 369. The van der Waals surface area contributed by atoms with Crippen molar-refractivity contribution in [3.05, 3.63) is 16.1 Å². The highest BCUT2D eigenvalue weighted by Gasteiger charge is 2.14. The molecule has 1 aromatic rings. The summed E-state index contributed by atoms with van der Waals surface area (Å²) in [5.74, 6) is 1.25. The number of rotatable bonds is 4. The van der Waals surface area contributed by atoms with Gasteiger partial charge in [-0.15, -0.1) is 11.8 Å². The van der Waals surface area contributed by atoms with Crippen molar-refractivity contribution in [1.29, 1.82) is 0 Å². The standard InChI is InChI=1S/C11H16Cl2N2S/c1-6(2)7(3)16-11-9(13)5-8(12)10(14-4)15-11/h5-7H,1-4H3,(H,14,15). The highest BCUT2D eigenvalue weighted by molar-refractivity contribution is 8.00. The molecule has 0 bridgehead atoms. The molecule has 0 spiro atoms. The Morgan fingerprint density at radius 1 is 1.25 bits per heavy atom. The van der Waals surface area contributed by atoms with E-state index >= 15 is 0 Å². The van der Waals surface area contributed by atoms with Crippen LogP contribution in [0.4, 0.5) is 5.82 Å². The van der Waals surface area contributed by atoms with Crippen LogP contribution in [0.5, 0.6) is 0 Å². The van der Waals surface area contributed by atoms with E-state index in [1.807, 2.05) is 0 Å². The molecule has 5 heteroatoms. The molecule has 0 aliphatic rings. The van der Waals surface area contributed by atoms with Crippen molar-refractivity contribution in [2.24, 2.45) is 5.92 Å². The zero-order valence-electron chi connectivity index (χ0n) is 9.84. The number of hydrogen-bond acceptors (Lipinski definition) is 3. The van der Waals surface area contributed by atoms with E-state index in [0.29, 0.717) is 27.0 Å². The molecule has 1 heterocycles. The highest BCUT2D eigenvalue weighted by Crippen LogP contribution is 2.35. The van der Waals surface area contributed by atoms with Crippen LogP contribution in [0.2, 0.25) is 10.0 Å². The topological polar surface area (TPSA) is 24.9 Å². The van der Waals surface area contributed by atoms with Crippen LogP contribution in [0.1, 0.15) is 20.8 Å². The van der Waals surface area contributed by atoms with E-state index in [1.54, 1.807) is 24.9 Å². The van der Waals surface area contributed by atoms with Crippen molar-refractivity contribution in [2.45, 2.75) is 31.0 Å². The Morgan fingerprint density at radius 3 is 2.38 bits per heavy atom. The first kappa shape index (κ1) is 13.9. The summed E-state index contributed by atoms with van der Waals surface area (Å²) in [5.41, 5.74) is 0. The third-order valence-corrected chi connectivity index (χ3v) is 4.51. The van der Waals surface area contributed by atoms with Gasteiger partial charge in [0.05, 0.1) is 10.0 Å². The normalized spacial score (nSPS) is 12.9. The largest absolute Gasteiger partial charge is 0.372 e. The molecule has 1 unspecified atom stereocenters. The quantitative estimate of drug-likeness (QED) is 0.817. The first-order valence-corrected chi connectivity index (χ1v) is 6.79. The van der Waals surface area contributed by atoms with Gasteiger partial charge in [0.2, 0.25) is 0 Å². The summed E-state index contributed by atoms with van der Waals surface area (Å²) in [5, 5.41) is 5.41. The molecule has 0 fully saturated rings. The Hall–Kier alpha value is -0.120. The minimum Gasteiger partial charge on any atom is -0.372 e. The molecule has 1 N–H and O–H groups in total. The number of nitrogens with zero attached hydrogens (tertiary/aromatic N) is 1. The SMILES string of the molecule is CNc1nc(SC(C)C(C)C)c(Cl)cc1Cl. The first-order valence-electron chi connectivity index (χ1n) is 5.16. The lowest BCUT2D eigenvalue weighted by molar-refractivity contribution is 0.641. The molecule has 0 amide bonds. The highest BCUT2D eigenvalue weighted by atomic mass is 35.5. The van der Waals surface area contributed by atoms with Gasteiger partial charge in [-0.2, -0.15) is 0 Å². The van der Waals surface area contributed by atoms with Gasteiger partial charge in [-0.3, -0.25) is 0 Å². The predicted octanol–water partition coefficient (Wildman–Crippen LogP) is 4.57. The molecular weight excluding hydrogens is 263 g/mol. The number of nitrogens with one attached hydrogen (secondary N) is 1. The second-order valence-corrected chi connectivity index (χ2v) is 6.10. The van der Waals surface area contributed by atoms with Gasteiger partial charge in [0.15, 0.2) is 0 Å². The van der Waals surface area contributed by atoms with Crippen molar-refractivity contribution in [3.63, 3.8) is 0 Å². The van der Waals surface area contributed by atoms with E-state index in [0.717, 1.165) is 5.03 Å². The zero-order valence-corrected chi connectivity index (χ0v) is 12.2. The summed E-state index contributed by atoms with van der Waals surface area (Å²) in [6.07, 6.45) is 0. The lowest BCUT2D eigenvalue weighted by Gasteiger charge is -2.16. The smallest absolute Gasteiger partial charge is 0.145 e. The van der Waals surface area contributed by atoms with E-state index in [4.69, 9.17) is 23.2 Å². The van der Waals surface area contributed by atoms with Gasteiger partial charge in [0.25, 0.3) is 0 Å². The maximum absolute atomic E-state index is 6.11. The molecule has 1 rings (SSSR count). The summed E-state index contributed by atoms with van der Waals surface area (Å²) in [6.45, 7) is 6.53. The molecule has 16 heavy (non-hydrogen) atoms. The maximum Gasteiger partial charge on any atom is 0.145 e. The van der Waals surface area contributed by atoms with Crippen LogP contribution in [0.25, 0.3) is 0 Å². The number of anilines is 1. The van der Waals surface area contributed by atoms with Crippen molar-refractivity contribution >= 4 is 40.8 Å². The number of hydrogen-bond donors (Lipinski definition) is 1. The first-order chi connectivity index (χ1) is 7.45. The molecule has 0 saturated heterocycles. The van der Waals surface area contributed by atoms with Crippen molar-refractivity contribution in [3.8, 4) is 0 Å². The second kappa shape index (κ2) is 5.99. The summed E-state index contributed by atoms with van der Waals surface area (Å²) in [7, 11) is 1.79. The fourth-order valence-corrected chi connectivity index (χ4v) is 2.55. The van der Waals surface area contributed by atoms with Crippen LogP contribution in [-0.2, 0) is 0 Å². The monoisotopic (exact) mass is 278 g/mol. The maximum atomic E-state index is 6.11. The van der Waals surface area contributed by atoms with E-state index in [2.05, 4.69) is 31.1 Å². The van der Waals surface area contributed by atoms with Gasteiger partial charge >= 0.3 is 0 Å². The molecule has 0 saturated carbocycles. The Kier molecular flexibility index (Phi) is 5.22. The van der Waals surface area contributed by atoms with E-state index < -0.39 is 0 Å². The summed E-state index contributed by atoms with van der Waals surface area (Å²) >= 11 is 13.8. The predicted molar refractivity (Wildman–Crippen MR) is 74.0 cm³/mol.